The number of rotatable bonds is 6. The maximum atomic E-state index is 10.4. The summed E-state index contributed by atoms with van der Waals surface area (Å²) in [6.07, 6.45) is 6.04. The van der Waals surface area contributed by atoms with Crippen LogP contribution in [-0.4, -0.2) is 39.0 Å². The van der Waals surface area contributed by atoms with Crippen LogP contribution in [0.25, 0.3) is 0 Å². The van der Waals surface area contributed by atoms with Gasteiger partial charge in [0.25, 0.3) is 0 Å². The summed E-state index contributed by atoms with van der Waals surface area (Å²) in [7, 11) is 0. The Balaban J connectivity index is 2.06. The molecule has 1 aliphatic heterocycles. The van der Waals surface area contributed by atoms with Gasteiger partial charge in [0, 0.05) is 5.75 Å². The lowest BCUT2D eigenvalue weighted by molar-refractivity contribution is 0.179. The molecule has 3 nitrogen and oxygen atoms in total. The Hall–Kier alpha value is 0.0700. The zero-order valence-electron chi connectivity index (χ0n) is 9.61. The zero-order chi connectivity index (χ0) is 11.1. The molecule has 1 unspecified atom stereocenters. The SMILES string of the molecule is CCCC1CCN(CCCS(=O)[O-])CC1. The maximum absolute atomic E-state index is 10.4. The Bertz CT molecular complexity index is 191. The summed E-state index contributed by atoms with van der Waals surface area (Å²) in [5, 5.41) is 0. The molecule has 1 atom stereocenters. The molecule has 0 bridgehead atoms. The summed E-state index contributed by atoms with van der Waals surface area (Å²) in [6, 6.07) is 0. The molecule has 0 spiro atoms. The predicted octanol–water partition coefficient (Wildman–Crippen LogP) is 1.77. The monoisotopic (exact) mass is 232 g/mol. The van der Waals surface area contributed by atoms with Crippen molar-refractivity contribution in [2.45, 2.75) is 39.0 Å². The third-order valence-corrected chi connectivity index (χ3v) is 3.81. The molecule has 4 heteroatoms. The minimum atomic E-state index is -1.86. The molecule has 1 aliphatic rings. The molecule has 0 aromatic carbocycles. The van der Waals surface area contributed by atoms with Crippen molar-refractivity contribution in [3.05, 3.63) is 0 Å². The Morgan fingerprint density at radius 3 is 2.60 bits per heavy atom. The standard InChI is InChI=1S/C11H23NO2S/c1-2-4-11-5-8-12(9-6-11)7-3-10-15(13)14/h11H,2-10H2,1H3,(H,13,14)/p-1. The van der Waals surface area contributed by atoms with Gasteiger partial charge in [0.2, 0.25) is 0 Å². The van der Waals surface area contributed by atoms with E-state index in [1.54, 1.807) is 0 Å². The van der Waals surface area contributed by atoms with Crippen LogP contribution in [0.15, 0.2) is 0 Å². The molecule has 1 saturated heterocycles. The Morgan fingerprint density at radius 2 is 2.07 bits per heavy atom. The molecule has 1 heterocycles. The lowest BCUT2D eigenvalue weighted by Gasteiger charge is -2.31. The van der Waals surface area contributed by atoms with Crippen molar-refractivity contribution in [3.8, 4) is 0 Å². The fourth-order valence-corrected chi connectivity index (χ4v) is 2.68. The van der Waals surface area contributed by atoms with Crippen LogP contribution < -0.4 is 0 Å². The highest BCUT2D eigenvalue weighted by Crippen LogP contribution is 2.21. The van der Waals surface area contributed by atoms with Crippen molar-refractivity contribution in [1.82, 2.24) is 4.90 Å². The molecular weight excluding hydrogens is 210 g/mol. The van der Waals surface area contributed by atoms with Crippen molar-refractivity contribution >= 4 is 11.1 Å². The highest BCUT2D eigenvalue weighted by atomic mass is 32.2. The van der Waals surface area contributed by atoms with Crippen molar-refractivity contribution in [1.29, 1.82) is 0 Å². The van der Waals surface area contributed by atoms with Gasteiger partial charge in [-0.2, -0.15) is 0 Å². The molecule has 15 heavy (non-hydrogen) atoms. The summed E-state index contributed by atoms with van der Waals surface area (Å²) in [6.45, 7) is 5.52. The van der Waals surface area contributed by atoms with Crippen LogP contribution in [-0.2, 0) is 11.1 Å². The van der Waals surface area contributed by atoms with Crippen molar-refractivity contribution in [2.24, 2.45) is 5.92 Å². The maximum Gasteiger partial charge on any atom is 0.0114 e. The highest BCUT2D eigenvalue weighted by Gasteiger charge is 2.17. The molecule has 0 saturated carbocycles. The first-order valence-electron chi connectivity index (χ1n) is 6.00. The quantitative estimate of drug-likeness (QED) is 0.656. The molecule has 0 aromatic heterocycles. The van der Waals surface area contributed by atoms with Gasteiger partial charge in [0.15, 0.2) is 0 Å². The second-order valence-electron chi connectivity index (χ2n) is 4.44. The van der Waals surface area contributed by atoms with Crippen LogP contribution in [0.1, 0.15) is 39.0 Å². The van der Waals surface area contributed by atoms with Crippen molar-refractivity contribution in [2.75, 3.05) is 25.4 Å². The Kier molecular flexibility index (Phi) is 6.45. The fraction of sp³-hybridized carbons (Fsp3) is 1.00. The second-order valence-corrected chi connectivity index (χ2v) is 5.45. The first kappa shape index (κ1) is 13.1. The predicted molar refractivity (Wildman–Crippen MR) is 62.5 cm³/mol. The van der Waals surface area contributed by atoms with Gasteiger partial charge in [-0.3, -0.25) is 4.21 Å². The van der Waals surface area contributed by atoms with Crippen LogP contribution in [0, 0.1) is 5.92 Å². The molecule has 1 rings (SSSR count). The third kappa shape index (κ3) is 5.64. The highest BCUT2D eigenvalue weighted by molar-refractivity contribution is 7.79. The van der Waals surface area contributed by atoms with E-state index >= 15 is 0 Å². The lowest BCUT2D eigenvalue weighted by Crippen LogP contribution is -2.34. The fourth-order valence-electron chi connectivity index (χ4n) is 2.31. The molecule has 1 fully saturated rings. The minimum absolute atomic E-state index is 0.314. The van der Waals surface area contributed by atoms with Crippen LogP contribution in [0.2, 0.25) is 0 Å². The van der Waals surface area contributed by atoms with Gasteiger partial charge in [0.05, 0.1) is 0 Å². The third-order valence-electron chi connectivity index (χ3n) is 3.19. The van der Waals surface area contributed by atoms with E-state index in [0.29, 0.717) is 5.75 Å². The van der Waals surface area contributed by atoms with Gasteiger partial charge >= 0.3 is 0 Å². The topological polar surface area (TPSA) is 43.4 Å². The first-order valence-corrected chi connectivity index (χ1v) is 7.25. The van der Waals surface area contributed by atoms with Crippen molar-refractivity contribution < 1.29 is 8.76 Å². The second kappa shape index (κ2) is 7.36. The average molecular weight is 232 g/mol. The van der Waals surface area contributed by atoms with Gasteiger partial charge in [-0.1, -0.05) is 30.8 Å². The van der Waals surface area contributed by atoms with Gasteiger partial charge in [-0.15, -0.1) is 0 Å². The number of likely N-dealkylation sites (tertiary alicyclic amines) is 1. The molecule has 0 aliphatic carbocycles. The number of nitrogens with zero attached hydrogens (tertiary/aromatic N) is 1. The van der Waals surface area contributed by atoms with Gasteiger partial charge in [0.1, 0.15) is 0 Å². The number of hydrogen-bond acceptors (Lipinski definition) is 3. The Labute approximate surface area is 95.5 Å². The largest absolute Gasteiger partial charge is 0.772 e. The smallest absolute Gasteiger partial charge is 0.0114 e. The molecule has 0 aromatic rings. The van der Waals surface area contributed by atoms with E-state index in [4.69, 9.17) is 0 Å². The minimum Gasteiger partial charge on any atom is -0.772 e. The van der Waals surface area contributed by atoms with Gasteiger partial charge < -0.3 is 9.45 Å². The van der Waals surface area contributed by atoms with E-state index in [2.05, 4.69) is 11.8 Å². The van der Waals surface area contributed by atoms with E-state index in [1.807, 2.05) is 0 Å². The normalized spacial score (nSPS) is 21.7. The van der Waals surface area contributed by atoms with E-state index < -0.39 is 11.1 Å². The average Bonchev–Trinajstić information content (AvgIpc) is 2.20. The van der Waals surface area contributed by atoms with E-state index in [0.717, 1.165) is 32.0 Å². The molecule has 0 amide bonds. The van der Waals surface area contributed by atoms with Crippen molar-refractivity contribution in [3.63, 3.8) is 0 Å². The van der Waals surface area contributed by atoms with Gasteiger partial charge in [-0.25, -0.2) is 0 Å². The number of piperidine rings is 1. The number of hydrogen-bond donors (Lipinski definition) is 0. The summed E-state index contributed by atoms with van der Waals surface area (Å²) >= 11 is -1.86. The van der Waals surface area contributed by atoms with Crippen LogP contribution >= 0.6 is 0 Å². The summed E-state index contributed by atoms with van der Waals surface area (Å²) in [5.74, 6) is 1.23. The summed E-state index contributed by atoms with van der Waals surface area (Å²) in [4.78, 5) is 2.40. The van der Waals surface area contributed by atoms with Crippen LogP contribution in [0.5, 0.6) is 0 Å². The van der Waals surface area contributed by atoms with E-state index in [-0.39, 0.29) is 0 Å². The van der Waals surface area contributed by atoms with Gasteiger partial charge in [-0.05, 0) is 44.8 Å². The van der Waals surface area contributed by atoms with Crippen LogP contribution in [0.3, 0.4) is 0 Å². The van der Waals surface area contributed by atoms with E-state index in [1.165, 1.54) is 25.7 Å². The summed E-state index contributed by atoms with van der Waals surface area (Å²) < 4.78 is 20.7. The van der Waals surface area contributed by atoms with Crippen LogP contribution in [0.4, 0.5) is 0 Å². The molecule has 0 N–H and O–H groups in total. The summed E-state index contributed by atoms with van der Waals surface area (Å²) in [5.41, 5.74) is 0. The molecular formula is C11H22NO2S-. The zero-order valence-corrected chi connectivity index (χ0v) is 10.4. The van der Waals surface area contributed by atoms with E-state index in [9.17, 15) is 8.76 Å². The first-order chi connectivity index (χ1) is 7.22. The Morgan fingerprint density at radius 1 is 1.40 bits per heavy atom. The lowest BCUT2D eigenvalue weighted by atomic mass is 9.92. The molecule has 90 valence electrons. The molecule has 0 radical (unpaired) electrons.